The van der Waals surface area contributed by atoms with E-state index >= 15 is 0 Å². The number of hydrogen-bond donors (Lipinski definition) is 4. The summed E-state index contributed by atoms with van der Waals surface area (Å²) in [7, 11) is 0. The van der Waals surface area contributed by atoms with Gasteiger partial charge in [0.25, 0.3) is 0 Å². The minimum atomic E-state index is -0.862. The number of aliphatic hydroxyl groups excluding tert-OH is 1. The van der Waals surface area contributed by atoms with E-state index in [0.29, 0.717) is 12.3 Å². The Hall–Kier alpha value is -2.48. The minimum Gasteiger partial charge on any atom is -0.391 e. The monoisotopic (exact) mass is 572 g/mol. The fraction of sp³-hybridized carbons (Fsp3) is 0.758. The SMILES string of the molecule is CCC(C)[C@H](NC(=O)[C@@H](C[C@H](O)[C@H](CC1CCCCC1)NC(=O)CC(C)(C)C)C(C)C)C(=O)NCc1ccccn1. The van der Waals surface area contributed by atoms with Crippen LogP contribution in [0.5, 0.6) is 0 Å². The lowest BCUT2D eigenvalue weighted by Crippen LogP contribution is -2.53. The highest BCUT2D eigenvalue weighted by Crippen LogP contribution is 2.30. The Labute approximate surface area is 248 Å². The molecule has 0 radical (unpaired) electrons. The first-order valence-corrected chi connectivity index (χ1v) is 15.8. The number of nitrogens with zero attached hydrogens (tertiary/aromatic N) is 1. The topological polar surface area (TPSA) is 120 Å². The highest BCUT2D eigenvalue weighted by molar-refractivity contribution is 5.88. The summed E-state index contributed by atoms with van der Waals surface area (Å²) in [6.07, 6.45) is 8.67. The van der Waals surface area contributed by atoms with Crippen molar-refractivity contribution in [3.05, 3.63) is 30.1 Å². The molecule has 1 heterocycles. The smallest absolute Gasteiger partial charge is 0.243 e. The maximum absolute atomic E-state index is 13.7. The average Bonchev–Trinajstić information content (AvgIpc) is 2.92. The molecule has 8 heteroatoms. The molecule has 0 bridgehead atoms. The van der Waals surface area contributed by atoms with E-state index in [-0.39, 0.29) is 47.9 Å². The molecule has 1 saturated carbocycles. The van der Waals surface area contributed by atoms with Crippen LogP contribution in [-0.4, -0.2) is 46.0 Å². The number of hydrogen-bond acceptors (Lipinski definition) is 5. The Morgan fingerprint density at radius 1 is 1.02 bits per heavy atom. The predicted octanol–water partition coefficient (Wildman–Crippen LogP) is 5.14. The Bertz CT molecular complexity index is 940. The van der Waals surface area contributed by atoms with Crippen LogP contribution in [0.25, 0.3) is 0 Å². The van der Waals surface area contributed by atoms with E-state index in [4.69, 9.17) is 0 Å². The molecule has 41 heavy (non-hydrogen) atoms. The van der Waals surface area contributed by atoms with Gasteiger partial charge in [-0.25, -0.2) is 0 Å². The minimum absolute atomic E-state index is 0.0561. The van der Waals surface area contributed by atoms with E-state index < -0.39 is 24.1 Å². The molecule has 232 valence electrons. The number of carbonyl (C=O) groups excluding carboxylic acids is 3. The number of aromatic nitrogens is 1. The van der Waals surface area contributed by atoms with Gasteiger partial charge in [-0.1, -0.05) is 93.1 Å². The molecule has 1 aliphatic carbocycles. The van der Waals surface area contributed by atoms with E-state index in [1.807, 2.05) is 66.7 Å². The van der Waals surface area contributed by atoms with Crippen LogP contribution in [0.15, 0.2) is 24.4 Å². The normalized spacial score (nSPS) is 18.2. The maximum atomic E-state index is 13.7. The van der Waals surface area contributed by atoms with E-state index in [1.54, 1.807) is 6.20 Å². The molecule has 0 aliphatic heterocycles. The quantitative estimate of drug-likeness (QED) is 0.232. The molecule has 1 unspecified atom stereocenters. The second-order valence-electron chi connectivity index (χ2n) is 13.7. The number of pyridine rings is 1. The second-order valence-corrected chi connectivity index (χ2v) is 13.7. The van der Waals surface area contributed by atoms with Gasteiger partial charge < -0.3 is 21.1 Å². The lowest BCUT2D eigenvalue weighted by molar-refractivity contribution is -0.134. The molecule has 1 fully saturated rings. The van der Waals surface area contributed by atoms with E-state index in [2.05, 4.69) is 20.9 Å². The number of amides is 3. The van der Waals surface area contributed by atoms with Crippen LogP contribution in [0, 0.1) is 29.1 Å². The first kappa shape index (κ1) is 34.7. The van der Waals surface area contributed by atoms with Crippen molar-refractivity contribution in [2.24, 2.45) is 29.1 Å². The van der Waals surface area contributed by atoms with Gasteiger partial charge in [-0.15, -0.1) is 0 Å². The van der Waals surface area contributed by atoms with Crippen molar-refractivity contribution >= 4 is 17.7 Å². The molecular formula is C33H56N4O4. The van der Waals surface area contributed by atoms with Gasteiger partial charge in [0.2, 0.25) is 17.7 Å². The Balaban J connectivity index is 2.13. The van der Waals surface area contributed by atoms with Crippen LogP contribution in [0.3, 0.4) is 0 Å². The molecule has 0 aromatic carbocycles. The number of carbonyl (C=O) groups is 3. The van der Waals surface area contributed by atoms with Crippen molar-refractivity contribution in [1.29, 1.82) is 0 Å². The van der Waals surface area contributed by atoms with Crippen molar-refractivity contribution < 1.29 is 19.5 Å². The first-order valence-electron chi connectivity index (χ1n) is 15.8. The summed E-state index contributed by atoms with van der Waals surface area (Å²) in [5.41, 5.74) is 0.586. The summed E-state index contributed by atoms with van der Waals surface area (Å²) in [5.74, 6) is -0.726. The van der Waals surface area contributed by atoms with Gasteiger partial charge in [0.05, 0.1) is 24.4 Å². The van der Waals surface area contributed by atoms with Gasteiger partial charge >= 0.3 is 0 Å². The first-order chi connectivity index (χ1) is 19.3. The molecule has 0 saturated heterocycles. The zero-order valence-electron chi connectivity index (χ0n) is 26.5. The molecule has 1 aromatic rings. The molecule has 1 aromatic heterocycles. The van der Waals surface area contributed by atoms with E-state index in [1.165, 1.54) is 19.3 Å². The van der Waals surface area contributed by atoms with Crippen molar-refractivity contribution in [2.75, 3.05) is 0 Å². The molecule has 0 spiro atoms. The number of aliphatic hydroxyl groups is 1. The molecule has 4 N–H and O–H groups in total. The van der Waals surface area contributed by atoms with Crippen LogP contribution in [-0.2, 0) is 20.9 Å². The van der Waals surface area contributed by atoms with Gasteiger partial charge in [0.15, 0.2) is 0 Å². The van der Waals surface area contributed by atoms with Crippen LogP contribution < -0.4 is 16.0 Å². The largest absolute Gasteiger partial charge is 0.391 e. The Morgan fingerprint density at radius 3 is 2.27 bits per heavy atom. The standard InChI is InChI=1S/C33H56N4O4/c1-8-23(4)30(32(41)35-21-25-16-12-13-17-34-25)37-31(40)26(22(2)3)19-28(38)27(18-24-14-10-9-11-15-24)36-29(39)20-33(5,6)7/h12-13,16-17,22-24,26-28,30,38H,8-11,14-15,18-21H2,1-7H3,(H,35,41)(H,36,39)(H,37,40)/t23?,26-,27-,28-,30-/m0/s1. The van der Waals surface area contributed by atoms with Crippen LogP contribution in [0.1, 0.15) is 112 Å². The maximum Gasteiger partial charge on any atom is 0.243 e. The molecule has 1 aliphatic rings. The highest BCUT2D eigenvalue weighted by Gasteiger charge is 2.35. The van der Waals surface area contributed by atoms with Gasteiger partial charge in [-0.05, 0) is 48.1 Å². The van der Waals surface area contributed by atoms with Gasteiger partial charge in [0, 0.05) is 18.5 Å². The third-order valence-electron chi connectivity index (χ3n) is 8.41. The number of rotatable bonds is 15. The summed E-state index contributed by atoms with van der Waals surface area (Å²) in [6.45, 7) is 14.2. The van der Waals surface area contributed by atoms with Crippen LogP contribution >= 0.6 is 0 Å². The molecule has 5 atom stereocenters. The second kappa shape index (κ2) is 16.8. The zero-order valence-corrected chi connectivity index (χ0v) is 26.5. The summed E-state index contributed by atoms with van der Waals surface area (Å²) in [4.78, 5) is 44.0. The fourth-order valence-corrected chi connectivity index (χ4v) is 5.69. The average molecular weight is 573 g/mol. The Morgan fingerprint density at radius 2 is 1.71 bits per heavy atom. The fourth-order valence-electron chi connectivity index (χ4n) is 5.69. The van der Waals surface area contributed by atoms with Gasteiger partial charge in [-0.3, -0.25) is 19.4 Å². The molecule has 8 nitrogen and oxygen atoms in total. The van der Waals surface area contributed by atoms with Gasteiger partial charge in [0.1, 0.15) is 6.04 Å². The number of nitrogens with one attached hydrogen (secondary N) is 3. The lowest BCUT2D eigenvalue weighted by atomic mass is 9.80. The molecule has 2 rings (SSSR count). The van der Waals surface area contributed by atoms with Crippen molar-refractivity contribution in [2.45, 2.75) is 131 Å². The summed E-state index contributed by atoms with van der Waals surface area (Å²) in [6, 6.07) is 4.43. The summed E-state index contributed by atoms with van der Waals surface area (Å²) in [5, 5.41) is 20.5. The third kappa shape index (κ3) is 12.5. The predicted molar refractivity (Wildman–Crippen MR) is 164 cm³/mol. The van der Waals surface area contributed by atoms with Crippen molar-refractivity contribution in [3.63, 3.8) is 0 Å². The van der Waals surface area contributed by atoms with Crippen LogP contribution in [0.4, 0.5) is 0 Å². The zero-order chi connectivity index (χ0) is 30.6. The highest BCUT2D eigenvalue weighted by atomic mass is 16.3. The summed E-state index contributed by atoms with van der Waals surface area (Å²) < 4.78 is 0. The van der Waals surface area contributed by atoms with E-state index in [0.717, 1.165) is 31.4 Å². The van der Waals surface area contributed by atoms with Crippen molar-refractivity contribution in [3.8, 4) is 0 Å². The lowest BCUT2D eigenvalue weighted by Gasteiger charge is -2.33. The molecular weight excluding hydrogens is 516 g/mol. The van der Waals surface area contributed by atoms with E-state index in [9.17, 15) is 19.5 Å². The van der Waals surface area contributed by atoms with Crippen molar-refractivity contribution in [1.82, 2.24) is 20.9 Å². The Kier molecular flexibility index (Phi) is 14.3. The van der Waals surface area contributed by atoms with Gasteiger partial charge in [-0.2, -0.15) is 0 Å². The third-order valence-corrected chi connectivity index (χ3v) is 8.41. The van der Waals surface area contributed by atoms with Crippen LogP contribution in [0.2, 0.25) is 0 Å². The summed E-state index contributed by atoms with van der Waals surface area (Å²) >= 11 is 0. The molecule has 3 amide bonds.